The first-order valence-electron chi connectivity index (χ1n) is 6.63. The molecule has 4 nitrogen and oxygen atoms in total. The highest BCUT2D eigenvalue weighted by molar-refractivity contribution is 5.92. The predicted octanol–water partition coefficient (Wildman–Crippen LogP) is 1.95. The van der Waals surface area contributed by atoms with Gasteiger partial charge in [-0.1, -0.05) is 13.8 Å². The molecular weight excluding hydrogens is 226 g/mol. The van der Waals surface area contributed by atoms with Crippen LogP contribution in [0.3, 0.4) is 0 Å². The Morgan fingerprint density at radius 1 is 1.50 bits per heavy atom. The maximum Gasteiger partial charge on any atom is 0.270 e. The molecule has 1 atom stereocenters. The molecule has 0 aromatic carbocycles. The highest BCUT2D eigenvalue weighted by atomic mass is 16.2. The van der Waals surface area contributed by atoms with Gasteiger partial charge in [0, 0.05) is 32.4 Å². The molecular formula is C14H25N3O. The standard InChI is InChI=1S/C14H25N3O/c1-5-17-9-6-7-13(17)14(18)16(4)10-8-12(15)11(2)3/h6-7,9,11-12H,5,8,10,15H2,1-4H3. The van der Waals surface area contributed by atoms with Gasteiger partial charge in [0.2, 0.25) is 0 Å². The molecule has 1 heterocycles. The van der Waals surface area contributed by atoms with Crippen molar-refractivity contribution in [3.63, 3.8) is 0 Å². The molecule has 0 spiro atoms. The predicted molar refractivity (Wildman–Crippen MR) is 74.5 cm³/mol. The van der Waals surface area contributed by atoms with Crippen molar-refractivity contribution in [1.29, 1.82) is 0 Å². The molecule has 0 saturated heterocycles. The first-order valence-corrected chi connectivity index (χ1v) is 6.63. The number of hydrogen-bond donors (Lipinski definition) is 1. The molecule has 0 aliphatic carbocycles. The van der Waals surface area contributed by atoms with Crippen molar-refractivity contribution in [1.82, 2.24) is 9.47 Å². The van der Waals surface area contributed by atoms with Gasteiger partial charge < -0.3 is 15.2 Å². The minimum Gasteiger partial charge on any atom is -0.344 e. The van der Waals surface area contributed by atoms with Crippen molar-refractivity contribution in [3.05, 3.63) is 24.0 Å². The van der Waals surface area contributed by atoms with Crippen LogP contribution in [0.4, 0.5) is 0 Å². The van der Waals surface area contributed by atoms with E-state index in [-0.39, 0.29) is 11.9 Å². The Labute approximate surface area is 110 Å². The van der Waals surface area contributed by atoms with Crippen LogP contribution in [-0.4, -0.2) is 35.0 Å². The van der Waals surface area contributed by atoms with Crippen molar-refractivity contribution in [2.45, 2.75) is 39.8 Å². The fourth-order valence-electron chi connectivity index (χ4n) is 1.86. The lowest BCUT2D eigenvalue weighted by atomic mass is 10.0. The number of aryl methyl sites for hydroxylation is 1. The second-order valence-electron chi connectivity index (χ2n) is 5.10. The van der Waals surface area contributed by atoms with Crippen LogP contribution in [0.15, 0.2) is 18.3 Å². The van der Waals surface area contributed by atoms with Gasteiger partial charge in [-0.3, -0.25) is 4.79 Å². The van der Waals surface area contributed by atoms with Gasteiger partial charge in [-0.15, -0.1) is 0 Å². The smallest absolute Gasteiger partial charge is 0.270 e. The van der Waals surface area contributed by atoms with E-state index in [1.807, 2.05) is 36.9 Å². The Morgan fingerprint density at radius 3 is 2.72 bits per heavy atom. The van der Waals surface area contributed by atoms with Crippen LogP contribution in [0.5, 0.6) is 0 Å². The van der Waals surface area contributed by atoms with Gasteiger partial charge in [-0.25, -0.2) is 0 Å². The summed E-state index contributed by atoms with van der Waals surface area (Å²) in [6.45, 7) is 7.76. The molecule has 0 radical (unpaired) electrons. The molecule has 1 aromatic heterocycles. The second-order valence-corrected chi connectivity index (χ2v) is 5.10. The molecule has 1 unspecified atom stereocenters. The fraction of sp³-hybridized carbons (Fsp3) is 0.643. The highest BCUT2D eigenvalue weighted by Gasteiger charge is 2.16. The molecule has 2 N–H and O–H groups in total. The summed E-state index contributed by atoms with van der Waals surface area (Å²) < 4.78 is 1.96. The topological polar surface area (TPSA) is 51.3 Å². The quantitative estimate of drug-likeness (QED) is 0.840. The third-order valence-electron chi connectivity index (χ3n) is 3.39. The normalized spacial score (nSPS) is 12.8. The molecule has 102 valence electrons. The Hall–Kier alpha value is -1.29. The zero-order valence-corrected chi connectivity index (χ0v) is 11.9. The van der Waals surface area contributed by atoms with Crippen molar-refractivity contribution in [2.75, 3.05) is 13.6 Å². The monoisotopic (exact) mass is 251 g/mol. The molecule has 1 aromatic rings. The summed E-state index contributed by atoms with van der Waals surface area (Å²) in [6.07, 6.45) is 2.77. The molecule has 4 heteroatoms. The first kappa shape index (κ1) is 14.8. The van der Waals surface area contributed by atoms with Crippen LogP contribution in [0.1, 0.15) is 37.7 Å². The number of nitrogens with zero attached hydrogens (tertiary/aromatic N) is 2. The summed E-state index contributed by atoms with van der Waals surface area (Å²) in [4.78, 5) is 14.0. The molecule has 1 amide bonds. The van der Waals surface area contributed by atoms with Gasteiger partial charge in [0.05, 0.1) is 0 Å². The highest BCUT2D eigenvalue weighted by Crippen LogP contribution is 2.08. The third-order valence-corrected chi connectivity index (χ3v) is 3.39. The van der Waals surface area contributed by atoms with E-state index in [2.05, 4.69) is 13.8 Å². The average Bonchev–Trinajstić information content (AvgIpc) is 2.82. The number of carbonyl (C=O) groups excluding carboxylic acids is 1. The first-order chi connectivity index (χ1) is 8.47. The van der Waals surface area contributed by atoms with Gasteiger partial charge in [0.15, 0.2) is 0 Å². The van der Waals surface area contributed by atoms with Crippen molar-refractivity contribution >= 4 is 5.91 Å². The Morgan fingerprint density at radius 2 is 2.17 bits per heavy atom. The van der Waals surface area contributed by atoms with E-state index in [0.29, 0.717) is 12.5 Å². The lowest BCUT2D eigenvalue weighted by Crippen LogP contribution is -2.35. The largest absolute Gasteiger partial charge is 0.344 e. The van der Waals surface area contributed by atoms with Crippen molar-refractivity contribution in [3.8, 4) is 0 Å². The minimum atomic E-state index is 0.0674. The van der Waals surface area contributed by atoms with Crippen LogP contribution in [0, 0.1) is 5.92 Å². The van der Waals surface area contributed by atoms with E-state index in [1.54, 1.807) is 4.90 Å². The van der Waals surface area contributed by atoms with Gasteiger partial charge in [0.1, 0.15) is 5.69 Å². The van der Waals surface area contributed by atoms with E-state index < -0.39 is 0 Å². The average molecular weight is 251 g/mol. The third kappa shape index (κ3) is 3.60. The van der Waals surface area contributed by atoms with Crippen LogP contribution in [0.2, 0.25) is 0 Å². The van der Waals surface area contributed by atoms with E-state index in [4.69, 9.17) is 5.73 Å². The summed E-state index contributed by atoms with van der Waals surface area (Å²) >= 11 is 0. The number of amides is 1. The summed E-state index contributed by atoms with van der Waals surface area (Å²) in [7, 11) is 1.84. The number of rotatable bonds is 6. The second kappa shape index (κ2) is 6.59. The van der Waals surface area contributed by atoms with Crippen LogP contribution in [-0.2, 0) is 6.54 Å². The zero-order chi connectivity index (χ0) is 13.7. The zero-order valence-electron chi connectivity index (χ0n) is 11.9. The summed E-state index contributed by atoms with van der Waals surface area (Å²) in [6, 6.07) is 3.92. The summed E-state index contributed by atoms with van der Waals surface area (Å²) in [5, 5.41) is 0. The SMILES string of the molecule is CCn1cccc1C(=O)N(C)CCC(N)C(C)C. The Kier molecular flexibility index (Phi) is 5.41. The number of hydrogen-bond acceptors (Lipinski definition) is 2. The molecule has 0 bridgehead atoms. The lowest BCUT2D eigenvalue weighted by molar-refractivity contribution is 0.0778. The number of nitrogens with two attached hydrogens (primary N) is 1. The van der Waals surface area contributed by atoms with Crippen LogP contribution >= 0.6 is 0 Å². The molecule has 0 fully saturated rings. The number of carbonyl (C=O) groups is 1. The van der Waals surface area contributed by atoms with Gasteiger partial charge in [-0.05, 0) is 31.4 Å². The van der Waals surface area contributed by atoms with E-state index in [0.717, 1.165) is 18.7 Å². The number of aromatic nitrogens is 1. The molecule has 0 aliphatic rings. The fourth-order valence-corrected chi connectivity index (χ4v) is 1.86. The van der Waals surface area contributed by atoms with E-state index >= 15 is 0 Å². The molecule has 0 aliphatic heterocycles. The summed E-state index contributed by atoms with van der Waals surface area (Å²) in [5.41, 5.74) is 6.74. The lowest BCUT2D eigenvalue weighted by Gasteiger charge is -2.22. The van der Waals surface area contributed by atoms with Crippen molar-refractivity contribution < 1.29 is 4.79 Å². The Bertz CT molecular complexity index is 384. The van der Waals surface area contributed by atoms with Gasteiger partial charge in [0.25, 0.3) is 5.91 Å². The Balaban J connectivity index is 2.57. The van der Waals surface area contributed by atoms with E-state index in [9.17, 15) is 4.79 Å². The van der Waals surface area contributed by atoms with Gasteiger partial charge in [-0.2, -0.15) is 0 Å². The maximum atomic E-state index is 12.2. The molecule has 1 rings (SSSR count). The minimum absolute atomic E-state index is 0.0674. The summed E-state index contributed by atoms with van der Waals surface area (Å²) in [5.74, 6) is 0.519. The molecule has 0 saturated carbocycles. The van der Waals surface area contributed by atoms with Crippen LogP contribution in [0.25, 0.3) is 0 Å². The van der Waals surface area contributed by atoms with E-state index in [1.165, 1.54) is 0 Å². The van der Waals surface area contributed by atoms with Crippen molar-refractivity contribution in [2.24, 2.45) is 11.7 Å². The maximum absolute atomic E-state index is 12.2. The van der Waals surface area contributed by atoms with Crippen LogP contribution < -0.4 is 5.73 Å². The molecule has 18 heavy (non-hydrogen) atoms. The van der Waals surface area contributed by atoms with Gasteiger partial charge >= 0.3 is 0 Å².